The maximum atomic E-state index is 11.5. The number of nitrogens with zero attached hydrogens (tertiary/aromatic N) is 2. The number of urea groups is 1. The molecule has 0 unspecified atom stereocenters. The third kappa shape index (κ3) is 2.90. The lowest BCUT2D eigenvalue weighted by Gasteiger charge is -2.06. The Bertz CT molecular complexity index is 404. The first-order valence-corrected chi connectivity index (χ1v) is 4.17. The minimum atomic E-state index is -0.834. The van der Waals surface area contributed by atoms with Gasteiger partial charge >= 0.3 is 6.03 Å². The zero-order valence-electron chi connectivity index (χ0n) is 8.37. The molecular weight excluding hydrogens is 198 g/mol. The highest BCUT2D eigenvalue weighted by Crippen LogP contribution is 2.04. The van der Waals surface area contributed by atoms with E-state index in [1.165, 1.54) is 0 Å². The number of nitrogens with one attached hydrogen (secondary N) is 2. The largest absolute Gasteiger partial charge is 0.350 e. The van der Waals surface area contributed by atoms with Gasteiger partial charge in [0.2, 0.25) is 0 Å². The number of hydrogen-bond donors (Lipinski definition) is 3. The highest BCUT2D eigenvalue weighted by Gasteiger charge is 2.10. The summed E-state index contributed by atoms with van der Waals surface area (Å²) in [6.45, 7) is 3.36. The first kappa shape index (κ1) is 10.9. The highest BCUT2D eigenvalue weighted by atomic mass is 16.2. The summed E-state index contributed by atoms with van der Waals surface area (Å²) in [6.07, 6.45) is 0. The third-order valence-electron chi connectivity index (χ3n) is 1.64. The lowest BCUT2D eigenvalue weighted by Crippen LogP contribution is -2.44. The van der Waals surface area contributed by atoms with E-state index < -0.39 is 11.9 Å². The smallest absolute Gasteiger partial charge is 0.330 e. The number of rotatable bonds is 1. The van der Waals surface area contributed by atoms with E-state index in [1.54, 1.807) is 19.9 Å². The summed E-state index contributed by atoms with van der Waals surface area (Å²) in [5.74, 6) is -0.482. The van der Waals surface area contributed by atoms with E-state index in [0.29, 0.717) is 17.0 Å². The molecule has 0 aliphatic heterocycles. The van der Waals surface area contributed by atoms with Crippen molar-refractivity contribution in [1.82, 2.24) is 21.0 Å². The molecule has 0 bridgehead atoms. The second kappa shape index (κ2) is 4.36. The number of carbonyl (C=O) groups excluding carboxylic acids is 2. The van der Waals surface area contributed by atoms with Gasteiger partial charge in [-0.15, -0.1) is 0 Å². The monoisotopic (exact) mass is 209 g/mol. The van der Waals surface area contributed by atoms with Gasteiger partial charge in [0.1, 0.15) is 0 Å². The Morgan fingerprint density at radius 1 is 1.27 bits per heavy atom. The van der Waals surface area contributed by atoms with Gasteiger partial charge in [-0.1, -0.05) is 0 Å². The molecule has 80 valence electrons. The van der Waals surface area contributed by atoms with Crippen molar-refractivity contribution in [3.8, 4) is 0 Å². The average Bonchev–Trinajstić information content (AvgIpc) is 2.18. The number of primary amides is 1. The summed E-state index contributed by atoms with van der Waals surface area (Å²) in [7, 11) is 0. The molecule has 7 heteroatoms. The van der Waals surface area contributed by atoms with Gasteiger partial charge in [-0.2, -0.15) is 10.2 Å². The first-order valence-electron chi connectivity index (χ1n) is 4.17. The zero-order chi connectivity index (χ0) is 11.4. The van der Waals surface area contributed by atoms with Crippen LogP contribution in [-0.2, 0) is 0 Å². The molecule has 0 fully saturated rings. The van der Waals surface area contributed by atoms with Crippen LogP contribution in [0.2, 0.25) is 0 Å². The summed E-state index contributed by atoms with van der Waals surface area (Å²) in [4.78, 5) is 21.8. The van der Waals surface area contributed by atoms with E-state index in [2.05, 4.69) is 15.6 Å². The Balaban J connectivity index is 2.81. The Morgan fingerprint density at radius 2 is 1.93 bits per heavy atom. The van der Waals surface area contributed by atoms with E-state index in [0.717, 1.165) is 0 Å². The molecule has 0 atom stereocenters. The molecule has 7 nitrogen and oxygen atoms in total. The molecule has 0 aromatic carbocycles. The van der Waals surface area contributed by atoms with Gasteiger partial charge in [-0.3, -0.25) is 10.2 Å². The van der Waals surface area contributed by atoms with Crippen LogP contribution in [0.15, 0.2) is 6.07 Å². The van der Waals surface area contributed by atoms with Gasteiger partial charge in [0.05, 0.1) is 17.0 Å². The molecule has 1 heterocycles. The first-order chi connectivity index (χ1) is 7.00. The fourth-order valence-corrected chi connectivity index (χ4v) is 0.965. The fraction of sp³-hybridized carbons (Fsp3) is 0.250. The van der Waals surface area contributed by atoms with Crippen LogP contribution in [0.5, 0.6) is 0 Å². The van der Waals surface area contributed by atoms with Crippen LogP contribution in [0.25, 0.3) is 0 Å². The molecule has 0 aliphatic rings. The molecule has 4 N–H and O–H groups in total. The summed E-state index contributed by atoms with van der Waals surface area (Å²) >= 11 is 0. The van der Waals surface area contributed by atoms with Crippen LogP contribution < -0.4 is 16.6 Å². The van der Waals surface area contributed by atoms with Gasteiger partial charge in [0.25, 0.3) is 5.91 Å². The van der Waals surface area contributed by atoms with Crippen molar-refractivity contribution >= 4 is 11.9 Å². The second-order valence-electron chi connectivity index (χ2n) is 2.93. The van der Waals surface area contributed by atoms with Crippen LogP contribution in [0, 0.1) is 13.8 Å². The average molecular weight is 209 g/mol. The summed E-state index contributed by atoms with van der Waals surface area (Å²) in [6, 6.07) is 0.736. The lowest BCUT2D eigenvalue weighted by molar-refractivity contribution is 0.0936. The number of carbonyl (C=O) groups is 2. The molecular formula is C8H11N5O2. The maximum Gasteiger partial charge on any atom is 0.330 e. The van der Waals surface area contributed by atoms with E-state index in [4.69, 9.17) is 5.73 Å². The molecule has 0 radical (unpaired) electrons. The van der Waals surface area contributed by atoms with Crippen LogP contribution in [0.1, 0.15) is 21.7 Å². The van der Waals surface area contributed by atoms with Gasteiger partial charge in [-0.25, -0.2) is 10.2 Å². The number of amides is 3. The Kier molecular flexibility index (Phi) is 3.17. The van der Waals surface area contributed by atoms with Crippen molar-refractivity contribution < 1.29 is 9.59 Å². The molecule has 15 heavy (non-hydrogen) atoms. The molecule has 1 aromatic rings. The van der Waals surface area contributed by atoms with Crippen molar-refractivity contribution in [3.63, 3.8) is 0 Å². The standard InChI is InChI=1S/C8H11N5O2/c1-4-3-6(5(2)11-10-4)7(14)12-13-8(9)15/h3H,1-2H3,(H,12,14)(H3,9,13,15). The normalized spacial score (nSPS) is 9.47. The molecule has 3 amide bonds. The Hall–Kier alpha value is -2.18. The molecule has 1 rings (SSSR count). The number of aromatic nitrogens is 2. The van der Waals surface area contributed by atoms with Crippen LogP contribution in [0.3, 0.4) is 0 Å². The number of hydrogen-bond acceptors (Lipinski definition) is 4. The highest BCUT2D eigenvalue weighted by molar-refractivity contribution is 5.96. The van der Waals surface area contributed by atoms with Gasteiger partial charge in [0.15, 0.2) is 0 Å². The van der Waals surface area contributed by atoms with Crippen LogP contribution in [0.4, 0.5) is 4.79 Å². The predicted octanol–water partition coefficient (Wildman–Crippen LogP) is -0.593. The van der Waals surface area contributed by atoms with Crippen molar-refractivity contribution in [2.45, 2.75) is 13.8 Å². The SMILES string of the molecule is Cc1cc(C(=O)NNC(N)=O)c(C)nn1. The van der Waals surface area contributed by atoms with Gasteiger partial charge in [-0.05, 0) is 19.9 Å². The van der Waals surface area contributed by atoms with E-state index in [1.807, 2.05) is 5.43 Å². The topological polar surface area (TPSA) is 110 Å². The third-order valence-corrected chi connectivity index (χ3v) is 1.64. The van der Waals surface area contributed by atoms with Gasteiger partial charge < -0.3 is 5.73 Å². The van der Waals surface area contributed by atoms with Crippen LogP contribution in [-0.4, -0.2) is 22.1 Å². The summed E-state index contributed by atoms with van der Waals surface area (Å²) in [5.41, 5.74) is 10.3. The van der Waals surface area contributed by atoms with E-state index >= 15 is 0 Å². The zero-order valence-corrected chi connectivity index (χ0v) is 8.37. The van der Waals surface area contributed by atoms with Crippen molar-refractivity contribution in [1.29, 1.82) is 0 Å². The molecule has 0 spiro atoms. The van der Waals surface area contributed by atoms with E-state index in [9.17, 15) is 9.59 Å². The fourth-order valence-electron chi connectivity index (χ4n) is 0.965. The molecule has 0 saturated heterocycles. The second-order valence-corrected chi connectivity index (χ2v) is 2.93. The molecule has 0 aliphatic carbocycles. The summed E-state index contributed by atoms with van der Waals surface area (Å²) < 4.78 is 0. The Morgan fingerprint density at radius 3 is 2.53 bits per heavy atom. The number of nitrogens with two attached hydrogens (primary N) is 1. The van der Waals surface area contributed by atoms with E-state index in [-0.39, 0.29) is 0 Å². The predicted molar refractivity (Wildman–Crippen MR) is 51.7 cm³/mol. The minimum absolute atomic E-state index is 0.344. The van der Waals surface area contributed by atoms with Gasteiger partial charge in [0, 0.05) is 0 Å². The minimum Gasteiger partial charge on any atom is -0.350 e. The Labute approximate surface area is 86.0 Å². The van der Waals surface area contributed by atoms with Crippen molar-refractivity contribution in [3.05, 3.63) is 23.0 Å². The molecule has 1 aromatic heterocycles. The van der Waals surface area contributed by atoms with Crippen LogP contribution >= 0.6 is 0 Å². The lowest BCUT2D eigenvalue weighted by atomic mass is 10.2. The number of hydrazine groups is 1. The summed E-state index contributed by atoms with van der Waals surface area (Å²) in [5, 5.41) is 7.55. The van der Waals surface area contributed by atoms with Crippen molar-refractivity contribution in [2.24, 2.45) is 5.73 Å². The molecule has 0 saturated carbocycles. The quantitative estimate of drug-likeness (QED) is 0.536. The van der Waals surface area contributed by atoms with Crippen molar-refractivity contribution in [2.75, 3.05) is 0 Å². The maximum absolute atomic E-state index is 11.5. The number of aryl methyl sites for hydroxylation is 2.